The minimum absolute atomic E-state index is 0.220. The molecular formula is C12H19NS. The van der Waals surface area contributed by atoms with Gasteiger partial charge in [-0.25, -0.2) is 0 Å². The quantitative estimate of drug-likeness (QED) is 0.595. The lowest BCUT2D eigenvalue weighted by molar-refractivity contribution is 0.118. The maximum absolute atomic E-state index is 4.99. The average Bonchev–Trinajstić information content (AvgIpc) is 2.61. The molecule has 0 aromatic carbocycles. The third-order valence-corrected chi connectivity index (χ3v) is 6.91. The topological polar surface area (TPSA) is 12.4 Å². The van der Waals surface area contributed by atoms with Crippen molar-refractivity contribution in [2.24, 2.45) is 16.3 Å². The zero-order valence-corrected chi connectivity index (χ0v) is 10.4. The minimum Gasteiger partial charge on any atom is -0.275 e. The molecule has 3 rings (SSSR count). The van der Waals surface area contributed by atoms with Gasteiger partial charge in [0.2, 0.25) is 0 Å². The molecule has 14 heavy (non-hydrogen) atoms. The van der Waals surface area contributed by atoms with Crippen LogP contribution in [0.5, 0.6) is 0 Å². The van der Waals surface area contributed by atoms with E-state index in [9.17, 15) is 0 Å². The van der Waals surface area contributed by atoms with E-state index in [2.05, 4.69) is 39.5 Å². The minimum atomic E-state index is 0.220. The molecular weight excluding hydrogens is 190 g/mol. The first-order valence-electron chi connectivity index (χ1n) is 5.67. The van der Waals surface area contributed by atoms with Gasteiger partial charge in [-0.2, -0.15) is 0 Å². The molecule has 3 atom stereocenters. The van der Waals surface area contributed by atoms with E-state index in [4.69, 9.17) is 4.99 Å². The van der Waals surface area contributed by atoms with Crippen LogP contribution in [0.3, 0.4) is 0 Å². The molecule has 2 fully saturated rings. The Hall–Kier alpha value is 0.0200. The van der Waals surface area contributed by atoms with Gasteiger partial charge in [-0.15, -0.1) is 11.8 Å². The lowest BCUT2D eigenvalue weighted by atomic mass is 9.64. The van der Waals surface area contributed by atoms with Gasteiger partial charge in [0.05, 0.1) is 10.6 Å². The van der Waals surface area contributed by atoms with Crippen molar-refractivity contribution in [2.75, 3.05) is 0 Å². The number of hydrogen-bond acceptors (Lipinski definition) is 2. The molecule has 2 heteroatoms. The summed E-state index contributed by atoms with van der Waals surface area (Å²) in [4.78, 5) is 4.99. The van der Waals surface area contributed by atoms with Crippen molar-refractivity contribution in [3.8, 4) is 0 Å². The smallest absolute Gasteiger partial charge is 0.0792 e. The summed E-state index contributed by atoms with van der Waals surface area (Å²) in [6.07, 6.45) is 4.23. The van der Waals surface area contributed by atoms with Gasteiger partial charge in [0, 0.05) is 4.75 Å². The molecule has 3 aliphatic rings. The Morgan fingerprint density at radius 1 is 1.36 bits per heavy atom. The van der Waals surface area contributed by atoms with Crippen LogP contribution in [0.2, 0.25) is 0 Å². The standard InChI is InChI=1S/C12H19NS/c1-8-13-11(4)10(2,3)9-5-6-12(11,7-9)14-8/h9H,5-7H2,1-4H3/t9?,11-,12?/m0/s1. The molecule has 1 heterocycles. The fraction of sp³-hybridized carbons (Fsp3) is 0.917. The van der Waals surface area contributed by atoms with E-state index in [1.165, 1.54) is 24.3 Å². The Kier molecular flexibility index (Phi) is 1.48. The molecule has 1 nitrogen and oxygen atoms in total. The third-order valence-electron chi connectivity index (χ3n) is 5.36. The zero-order chi connectivity index (χ0) is 10.2. The molecule has 2 saturated carbocycles. The second-order valence-electron chi connectivity index (χ2n) is 5.96. The molecule has 1 aliphatic heterocycles. The van der Waals surface area contributed by atoms with Crippen LogP contribution in [0.4, 0.5) is 0 Å². The monoisotopic (exact) mass is 209 g/mol. The third kappa shape index (κ3) is 0.720. The Labute approximate surface area is 90.8 Å². The highest BCUT2D eigenvalue weighted by molar-refractivity contribution is 8.15. The lowest BCUT2D eigenvalue weighted by Crippen LogP contribution is -2.51. The molecule has 0 aromatic heterocycles. The molecule has 0 radical (unpaired) electrons. The second kappa shape index (κ2) is 2.23. The predicted molar refractivity (Wildman–Crippen MR) is 63.0 cm³/mol. The Morgan fingerprint density at radius 2 is 2.07 bits per heavy atom. The van der Waals surface area contributed by atoms with Gasteiger partial charge in [-0.1, -0.05) is 13.8 Å². The fourth-order valence-corrected chi connectivity index (χ4v) is 5.92. The summed E-state index contributed by atoms with van der Waals surface area (Å²) >= 11 is 2.08. The SMILES string of the molecule is CC1=N[C@]2(C)C3(CCC(C3)C2(C)C)S1. The van der Waals surface area contributed by atoms with Gasteiger partial charge < -0.3 is 0 Å². The molecule has 0 amide bonds. The summed E-state index contributed by atoms with van der Waals surface area (Å²) in [6, 6.07) is 0. The summed E-state index contributed by atoms with van der Waals surface area (Å²) in [7, 11) is 0. The van der Waals surface area contributed by atoms with Crippen LogP contribution in [0.25, 0.3) is 0 Å². The summed E-state index contributed by atoms with van der Waals surface area (Å²) in [6.45, 7) is 9.45. The highest BCUT2D eigenvalue weighted by Gasteiger charge is 2.71. The van der Waals surface area contributed by atoms with Crippen molar-refractivity contribution < 1.29 is 0 Å². The summed E-state index contributed by atoms with van der Waals surface area (Å²) in [5.74, 6) is 0.914. The van der Waals surface area contributed by atoms with E-state index in [0.717, 1.165) is 5.92 Å². The predicted octanol–water partition coefficient (Wildman–Crippen LogP) is 3.49. The molecule has 2 aliphatic carbocycles. The normalized spacial score (nSPS) is 53.4. The van der Waals surface area contributed by atoms with Crippen LogP contribution in [0.1, 0.15) is 47.0 Å². The number of fused-ring (bicyclic) bond motifs is 1. The Morgan fingerprint density at radius 3 is 2.71 bits per heavy atom. The van der Waals surface area contributed by atoms with E-state index in [-0.39, 0.29) is 5.54 Å². The molecule has 78 valence electrons. The van der Waals surface area contributed by atoms with Crippen LogP contribution in [0, 0.1) is 11.3 Å². The van der Waals surface area contributed by atoms with Crippen molar-refractivity contribution in [3.63, 3.8) is 0 Å². The number of aliphatic imine (C=N–C) groups is 1. The lowest BCUT2D eigenvalue weighted by Gasteiger charge is -2.47. The number of nitrogens with zero attached hydrogens (tertiary/aromatic N) is 1. The zero-order valence-electron chi connectivity index (χ0n) is 9.55. The van der Waals surface area contributed by atoms with Gasteiger partial charge in [0.25, 0.3) is 0 Å². The van der Waals surface area contributed by atoms with E-state index in [1.807, 2.05) is 0 Å². The second-order valence-corrected chi connectivity index (χ2v) is 7.54. The Bertz CT molecular complexity index is 333. The van der Waals surface area contributed by atoms with Crippen molar-refractivity contribution in [3.05, 3.63) is 0 Å². The molecule has 2 unspecified atom stereocenters. The molecule has 0 saturated heterocycles. The van der Waals surface area contributed by atoms with Crippen molar-refractivity contribution in [2.45, 2.75) is 57.2 Å². The van der Waals surface area contributed by atoms with E-state index in [0.29, 0.717) is 10.2 Å². The number of thioether (sulfide) groups is 1. The molecule has 2 bridgehead atoms. The molecule has 0 N–H and O–H groups in total. The van der Waals surface area contributed by atoms with Gasteiger partial charge >= 0.3 is 0 Å². The van der Waals surface area contributed by atoms with Crippen molar-refractivity contribution in [1.82, 2.24) is 0 Å². The molecule has 1 spiro atoms. The van der Waals surface area contributed by atoms with Gasteiger partial charge in [0.15, 0.2) is 0 Å². The first-order chi connectivity index (χ1) is 6.41. The van der Waals surface area contributed by atoms with E-state index < -0.39 is 0 Å². The van der Waals surface area contributed by atoms with Crippen LogP contribution in [-0.2, 0) is 0 Å². The largest absolute Gasteiger partial charge is 0.275 e. The van der Waals surface area contributed by atoms with Crippen LogP contribution in [0.15, 0.2) is 4.99 Å². The van der Waals surface area contributed by atoms with Gasteiger partial charge in [0.1, 0.15) is 0 Å². The fourth-order valence-electron chi connectivity index (χ4n) is 4.11. The highest BCUT2D eigenvalue weighted by atomic mass is 32.2. The highest BCUT2D eigenvalue weighted by Crippen LogP contribution is 2.72. The maximum atomic E-state index is 4.99. The average molecular weight is 209 g/mol. The Balaban J connectivity index is 2.18. The summed E-state index contributed by atoms with van der Waals surface area (Å²) in [5.41, 5.74) is 0.633. The first kappa shape index (κ1) is 9.26. The van der Waals surface area contributed by atoms with Crippen molar-refractivity contribution >= 4 is 16.8 Å². The van der Waals surface area contributed by atoms with E-state index in [1.54, 1.807) is 0 Å². The van der Waals surface area contributed by atoms with Crippen LogP contribution in [-0.4, -0.2) is 15.3 Å². The number of rotatable bonds is 0. The maximum Gasteiger partial charge on any atom is 0.0792 e. The van der Waals surface area contributed by atoms with E-state index >= 15 is 0 Å². The van der Waals surface area contributed by atoms with Crippen molar-refractivity contribution in [1.29, 1.82) is 0 Å². The first-order valence-corrected chi connectivity index (χ1v) is 6.48. The molecule has 0 aromatic rings. The number of hydrogen-bond donors (Lipinski definition) is 0. The van der Waals surface area contributed by atoms with Crippen LogP contribution < -0.4 is 0 Å². The summed E-state index contributed by atoms with van der Waals surface area (Å²) in [5, 5.41) is 1.32. The summed E-state index contributed by atoms with van der Waals surface area (Å²) < 4.78 is 0.477. The van der Waals surface area contributed by atoms with Crippen LogP contribution >= 0.6 is 11.8 Å². The van der Waals surface area contributed by atoms with Gasteiger partial charge in [-0.3, -0.25) is 4.99 Å². The van der Waals surface area contributed by atoms with Gasteiger partial charge in [-0.05, 0) is 44.4 Å².